The summed E-state index contributed by atoms with van der Waals surface area (Å²) in [5, 5.41) is 19.6. The molecule has 0 aliphatic carbocycles. The van der Waals surface area contributed by atoms with Crippen molar-refractivity contribution in [3.05, 3.63) is 57.3 Å². The van der Waals surface area contributed by atoms with E-state index >= 15 is 0 Å². The average Bonchev–Trinajstić information content (AvgIpc) is 2.85. The number of hydrogen-bond donors (Lipinski definition) is 1. The lowest BCUT2D eigenvalue weighted by Gasteiger charge is -2.00. The van der Waals surface area contributed by atoms with Gasteiger partial charge in [-0.2, -0.15) is 0 Å². The number of carbonyl (C=O) groups is 1. The molecule has 1 N–H and O–H groups in total. The van der Waals surface area contributed by atoms with Crippen LogP contribution in [0, 0.1) is 10.1 Å². The van der Waals surface area contributed by atoms with Crippen LogP contribution in [0.4, 0.5) is 5.69 Å². The molecule has 0 fully saturated rings. The normalized spacial score (nSPS) is 10.8. The Morgan fingerprint density at radius 3 is 2.75 bits per heavy atom. The zero-order valence-electron chi connectivity index (χ0n) is 9.95. The number of carboxylic acids is 1. The lowest BCUT2D eigenvalue weighted by atomic mass is 10.1. The summed E-state index contributed by atoms with van der Waals surface area (Å²) in [6, 6.07) is 7.10. The summed E-state index contributed by atoms with van der Waals surface area (Å²) in [7, 11) is 0. The Morgan fingerprint density at radius 1 is 1.35 bits per heavy atom. The molecule has 0 bridgehead atoms. The molecule has 0 aliphatic rings. The van der Waals surface area contributed by atoms with Crippen molar-refractivity contribution in [3.63, 3.8) is 0 Å². The predicted octanol–water partition coefficient (Wildman–Crippen LogP) is 3.61. The molecule has 0 amide bonds. The molecule has 0 saturated heterocycles. The molecule has 0 atom stereocenters. The van der Waals surface area contributed by atoms with Gasteiger partial charge in [-0.1, -0.05) is 11.6 Å². The highest BCUT2D eigenvalue weighted by atomic mass is 35.5. The monoisotopic (exact) mass is 293 g/mol. The van der Waals surface area contributed by atoms with E-state index in [4.69, 9.17) is 21.1 Å². The van der Waals surface area contributed by atoms with Gasteiger partial charge < -0.3 is 9.52 Å². The van der Waals surface area contributed by atoms with Crippen LogP contribution in [0.5, 0.6) is 0 Å². The maximum Gasteiger partial charge on any atom is 0.328 e. The van der Waals surface area contributed by atoms with Crippen LogP contribution in [0.15, 0.2) is 40.8 Å². The third-order valence-electron chi connectivity index (χ3n) is 2.44. The summed E-state index contributed by atoms with van der Waals surface area (Å²) in [5.74, 6) is -0.468. The Kier molecular flexibility index (Phi) is 3.86. The van der Waals surface area contributed by atoms with E-state index in [1.165, 1.54) is 24.3 Å². The average molecular weight is 294 g/mol. The number of non-ortho nitro benzene ring substituents is 1. The molecule has 0 unspecified atom stereocenters. The van der Waals surface area contributed by atoms with E-state index in [0.29, 0.717) is 22.1 Å². The summed E-state index contributed by atoms with van der Waals surface area (Å²) < 4.78 is 5.38. The summed E-state index contributed by atoms with van der Waals surface area (Å²) >= 11 is 5.98. The molecule has 2 aromatic rings. The number of benzene rings is 1. The van der Waals surface area contributed by atoms with Gasteiger partial charge in [-0.25, -0.2) is 4.79 Å². The number of nitrogens with zero attached hydrogens (tertiary/aromatic N) is 1. The number of rotatable bonds is 4. The van der Waals surface area contributed by atoms with Gasteiger partial charge in [0.15, 0.2) is 0 Å². The van der Waals surface area contributed by atoms with E-state index in [9.17, 15) is 14.9 Å². The van der Waals surface area contributed by atoms with Gasteiger partial charge in [0.05, 0.1) is 9.95 Å². The zero-order chi connectivity index (χ0) is 14.7. The minimum Gasteiger partial charge on any atom is -0.478 e. The van der Waals surface area contributed by atoms with Gasteiger partial charge >= 0.3 is 5.97 Å². The van der Waals surface area contributed by atoms with Crippen LogP contribution >= 0.6 is 11.6 Å². The molecule has 0 aliphatic heterocycles. The van der Waals surface area contributed by atoms with Crippen LogP contribution in [0.25, 0.3) is 17.4 Å². The fraction of sp³-hybridized carbons (Fsp3) is 0. The maximum absolute atomic E-state index is 10.7. The Balaban J connectivity index is 2.39. The highest BCUT2D eigenvalue weighted by Gasteiger charge is 2.13. The van der Waals surface area contributed by atoms with Gasteiger partial charge in [-0.05, 0) is 24.3 Å². The van der Waals surface area contributed by atoms with E-state index in [1.807, 2.05) is 0 Å². The van der Waals surface area contributed by atoms with Crippen molar-refractivity contribution in [2.75, 3.05) is 0 Å². The zero-order valence-corrected chi connectivity index (χ0v) is 10.7. The molecule has 0 radical (unpaired) electrons. The molecule has 1 aromatic carbocycles. The second-order valence-corrected chi connectivity index (χ2v) is 4.20. The molecule has 0 spiro atoms. The minimum absolute atomic E-state index is 0.108. The van der Waals surface area contributed by atoms with Crippen LogP contribution in [-0.4, -0.2) is 16.0 Å². The minimum atomic E-state index is -1.10. The summed E-state index contributed by atoms with van der Waals surface area (Å²) in [4.78, 5) is 20.6. The SMILES string of the molecule is O=C(O)C=Cc1ccc(-c2cc([N+](=O)[O-])ccc2Cl)o1. The molecule has 20 heavy (non-hydrogen) atoms. The van der Waals surface area contributed by atoms with Crippen LogP contribution in [-0.2, 0) is 4.79 Å². The van der Waals surface area contributed by atoms with Crippen molar-refractivity contribution < 1.29 is 19.2 Å². The fourth-order valence-electron chi connectivity index (χ4n) is 1.56. The van der Waals surface area contributed by atoms with E-state index in [1.54, 1.807) is 12.1 Å². The molecule has 1 aromatic heterocycles. The van der Waals surface area contributed by atoms with Gasteiger partial charge in [-0.15, -0.1) is 0 Å². The summed E-state index contributed by atoms with van der Waals surface area (Å²) in [6.07, 6.45) is 2.20. The first kappa shape index (κ1) is 13.8. The number of furan rings is 1. The smallest absolute Gasteiger partial charge is 0.328 e. The largest absolute Gasteiger partial charge is 0.478 e. The first-order valence-corrected chi connectivity index (χ1v) is 5.80. The van der Waals surface area contributed by atoms with E-state index < -0.39 is 10.9 Å². The topological polar surface area (TPSA) is 93.6 Å². The maximum atomic E-state index is 10.7. The lowest BCUT2D eigenvalue weighted by Crippen LogP contribution is -1.88. The molecule has 7 heteroatoms. The first-order valence-electron chi connectivity index (χ1n) is 5.42. The van der Waals surface area contributed by atoms with Crippen LogP contribution in [0.1, 0.15) is 5.76 Å². The molecule has 6 nitrogen and oxygen atoms in total. The Hall–Kier alpha value is -2.60. The number of nitro benzene ring substituents is 1. The quantitative estimate of drug-likeness (QED) is 0.528. The van der Waals surface area contributed by atoms with Gasteiger partial charge in [0.2, 0.25) is 0 Å². The standard InChI is InChI=1S/C13H8ClNO5/c14-11-4-1-8(15(18)19)7-10(11)12-5-2-9(20-12)3-6-13(16)17/h1-7H,(H,16,17). The molecule has 0 saturated carbocycles. The summed E-state index contributed by atoms with van der Waals surface area (Å²) in [5.41, 5.74) is 0.263. The van der Waals surface area contributed by atoms with Crippen molar-refractivity contribution in [2.24, 2.45) is 0 Å². The highest BCUT2D eigenvalue weighted by molar-refractivity contribution is 6.33. The Morgan fingerprint density at radius 2 is 2.10 bits per heavy atom. The van der Waals surface area contributed by atoms with Crippen LogP contribution in [0.3, 0.4) is 0 Å². The van der Waals surface area contributed by atoms with Crippen LogP contribution < -0.4 is 0 Å². The van der Waals surface area contributed by atoms with Gasteiger partial charge in [0.25, 0.3) is 5.69 Å². The highest BCUT2D eigenvalue weighted by Crippen LogP contribution is 2.32. The number of halogens is 1. The molecular weight excluding hydrogens is 286 g/mol. The van der Waals surface area contributed by atoms with Crippen molar-refractivity contribution in [3.8, 4) is 11.3 Å². The number of carboxylic acid groups (broad SMARTS) is 1. The first-order chi connectivity index (χ1) is 9.47. The third-order valence-corrected chi connectivity index (χ3v) is 2.77. The molecule has 102 valence electrons. The molecular formula is C13H8ClNO5. The molecule has 1 heterocycles. The molecule has 2 rings (SSSR count). The van der Waals surface area contributed by atoms with Gasteiger partial charge in [-0.3, -0.25) is 10.1 Å². The predicted molar refractivity (Wildman–Crippen MR) is 72.5 cm³/mol. The van der Waals surface area contributed by atoms with E-state index in [-0.39, 0.29) is 5.69 Å². The number of aliphatic carboxylic acids is 1. The van der Waals surface area contributed by atoms with Gasteiger partial charge in [0.1, 0.15) is 11.5 Å². The number of nitro groups is 1. The fourth-order valence-corrected chi connectivity index (χ4v) is 1.77. The van der Waals surface area contributed by atoms with Crippen molar-refractivity contribution in [1.82, 2.24) is 0 Å². The van der Waals surface area contributed by atoms with Crippen molar-refractivity contribution >= 4 is 29.3 Å². The Bertz CT molecular complexity index is 705. The van der Waals surface area contributed by atoms with E-state index in [0.717, 1.165) is 6.08 Å². The van der Waals surface area contributed by atoms with Crippen LogP contribution in [0.2, 0.25) is 5.02 Å². The third kappa shape index (κ3) is 3.04. The lowest BCUT2D eigenvalue weighted by molar-refractivity contribution is -0.384. The van der Waals surface area contributed by atoms with E-state index in [2.05, 4.69) is 0 Å². The summed E-state index contributed by atoms with van der Waals surface area (Å²) in [6.45, 7) is 0. The van der Waals surface area contributed by atoms with Crippen molar-refractivity contribution in [2.45, 2.75) is 0 Å². The second-order valence-electron chi connectivity index (χ2n) is 3.79. The Labute approximate surface area is 118 Å². The van der Waals surface area contributed by atoms with Crippen molar-refractivity contribution in [1.29, 1.82) is 0 Å². The second kappa shape index (κ2) is 5.58. The number of hydrogen-bond acceptors (Lipinski definition) is 4. The van der Waals surface area contributed by atoms with Gasteiger partial charge in [0, 0.05) is 23.8 Å².